The summed E-state index contributed by atoms with van der Waals surface area (Å²) >= 11 is 0. The number of aliphatic hydroxyl groups is 1. The maximum Gasteiger partial charge on any atom is 0.407 e. The van der Waals surface area contributed by atoms with Crippen LogP contribution in [-0.4, -0.2) is 28.9 Å². The molecule has 1 rings (SSSR count). The van der Waals surface area contributed by atoms with Crippen LogP contribution in [-0.2, 0) is 4.74 Å². The van der Waals surface area contributed by atoms with Gasteiger partial charge in [-0.3, -0.25) is 0 Å². The zero-order chi connectivity index (χ0) is 10.8. The minimum atomic E-state index is -0.485. The summed E-state index contributed by atoms with van der Waals surface area (Å²) < 4.78 is 5.10. The minimum absolute atomic E-state index is 0.291. The highest BCUT2D eigenvalue weighted by molar-refractivity contribution is 5.68. The van der Waals surface area contributed by atoms with E-state index in [4.69, 9.17) is 4.74 Å². The molecule has 0 unspecified atom stereocenters. The molecule has 0 bridgehead atoms. The van der Waals surface area contributed by atoms with Crippen molar-refractivity contribution in [1.29, 1.82) is 0 Å². The third kappa shape index (κ3) is 3.54. The van der Waals surface area contributed by atoms with Crippen LogP contribution >= 0.6 is 0 Å². The summed E-state index contributed by atoms with van der Waals surface area (Å²) in [6, 6.07) is 0. The minimum Gasteiger partial charge on any atom is -0.443 e. The molecule has 14 heavy (non-hydrogen) atoms. The van der Waals surface area contributed by atoms with Crippen LogP contribution in [0.1, 0.15) is 40.0 Å². The summed E-state index contributed by atoms with van der Waals surface area (Å²) in [6.45, 7) is 5.66. The lowest BCUT2D eigenvalue weighted by atomic mass is 10.1. The molecular formula is C10H19NO3. The molecule has 4 nitrogen and oxygen atoms in total. The Morgan fingerprint density at radius 1 is 1.43 bits per heavy atom. The second kappa shape index (κ2) is 4.17. The molecule has 0 heterocycles. The van der Waals surface area contributed by atoms with Crippen molar-refractivity contribution in [3.05, 3.63) is 0 Å². The largest absolute Gasteiger partial charge is 0.443 e. The molecule has 1 amide bonds. The van der Waals surface area contributed by atoms with Crippen LogP contribution in [0.5, 0.6) is 0 Å². The van der Waals surface area contributed by atoms with Gasteiger partial charge in [0.1, 0.15) is 6.10 Å². The van der Waals surface area contributed by atoms with Crippen molar-refractivity contribution in [2.45, 2.75) is 57.8 Å². The third-order valence-electron chi connectivity index (χ3n) is 2.15. The Morgan fingerprint density at radius 3 is 2.50 bits per heavy atom. The number of rotatable bonds is 1. The van der Waals surface area contributed by atoms with E-state index in [9.17, 15) is 9.90 Å². The molecule has 1 fully saturated rings. The number of hydrogen-bond acceptors (Lipinski definition) is 3. The number of nitrogens with one attached hydrogen (secondary N) is 1. The topological polar surface area (TPSA) is 58.6 Å². The van der Waals surface area contributed by atoms with Crippen LogP contribution in [0.4, 0.5) is 4.79 Å². The van der Waals surface area contributed by atoms with Crippen LogP contribution in [0.25, 0.3) is 0 Å². The van der Waals surface area contributed by atoms with E-state index in [0.29, 0.717) is 0 Å². The van der Waals surface area contributed by atoms with E-state index in [-0.39, 0.29) is 11.6 Å². The number of alkyl carbamates (subject to hydrolysis) is 1. The predicted molar refractivity (Wildman–Crippen MR) is 53.0 cm³/mol. The van der Waals surface area contributed by atoms with Crippen LogP contribution < -0.4 is 5.32 Å². The molecule has 2 N–H and O–H groups in total. The normalized spacial score (nSPS) is 27.4. The van der Waals surface area contributed by atoms with E-state index >= 15 is 0 Å². The molecule has 2 atom stereocenters. The fourth-order valence-electron chi connectivity index (χ4n) is 1.52. The SMILES string of the molecule is CC(C)(C)NC(=O)O[C@@H]1CCC[C@H]1O. The molecule has 0 aromatic carbocycles. The average molecular weight is 201 g/mol. The van der Waals surface area contributed by atoms with Gasteiger partial charge in [0.05, 0.1) is 6.10 Å². The lowest BCUT2D eigenvalue weighted by Gasteiger charge is -2.23. The smallest absolute Gasteiger partial charge is 0.407 e. The van der Waals surface area contributed by atoms with E-state index in [2.05, 4.69) is 5.32 Å². The van der Waals surface area contributed by atoms with Gasteiger partial charge in [0, 0.05) is 5.54 Å². The fraction of sp³-hybridized carbons (Fsp3) is 0.900. The van der Waals surface area contributed by atoms with Crippen molar-refractivity contribution in [1.82, 2.24) is 5.32 Å². The van der Waals surface area contributed by atoms with Crippen LogP contribution in [0.15, 0.2) is 0 Å². The zero-order valence-corrected chi connectivity index (χ0v) is 9.04. The summed E-state index contributed by atoms with van der Waals surface area (Å²) in [6.07, 6.45) is 1.17. The Bertz CT molecular complexity index is 210. The Labute approximate surface area is 84.6 Å². The second-order valence-corrected chi connectivity index (χ2v) is 4.82. The van der Waals surface area contributed by atoms with E-state index < -0.39 is 12.2 Å². The maximum absolute atomic E-state index is 11.3. The summed E-state index contributed by atoms with van der Waals surface area (Å²) in [5.74, 6) is 0. The zero-order valence-electron chi connectivity index (χ0n) is 9.04. The quantitative estimate of drug-likeness (QED) is 0.674. The first-order valence-corrected chi connectivity index (χ1v) is 5.05. The number of carbonyl (C=O) groups is 1. The first kappa shape index (κ1) is 11.3. The molecule has 0 spiro atoms. The standard InChI is InChI=1S/C10H19NO3/c1-10(2,3)11-9(13)14-8-6-4-5-7(8)12/h7-8,12H,4-6H2,1-3H3,(H,11,13)/t7-,8-/m1/s1. The highest BCUT2D eigenvalue weighted by Crippen LogP contribution is 2.22. The molecule has 82 valence electrons. The van der Waals surface area contributed by atoms with Gasteiger partial charge in [-0.2, -0.15) is 0 Å². The maximum atomic E-state index is 11.3. The Balaban J connectivity index is 2.33. The average Bonchev–Trinajstić information content (AvgIpc) is 2.32. The van der Waals surface area contributed by atoms with E-state index in [0.717, 1.165) is 19.3 Å². The monoisotopic (exact) mass is 201 g/mol. The molecule has 1 aliphatic rings. The first-order chi connectivity index (χ1) is 6.38. The van der Waals surface area contributed by atoms with Gasteiger partial charge >= 0.3 is 6.09 Å². The van der Waals surface area contributed by atoms with E-state index in [1.165, 1.54) is 0 Å². The fourth-order valence-corrected chi connectivity index (χ4v) is 1.52. The van der Waals surface area contributed by atoms with Crippen molar-refractivity contribution in [3.63, 3.8) is 0 Å². The van der Waals surface area contributed by atoms with Gasteiger partial charge in [-0.25, -0.2) is 4.79 Å². The molecule has 4 heteroatoms. The Morgan fingerprint density at radius 2 is 2.07 bits per heavy atom. The van der Waals surface area contributed by atoms with Crippen molar-refractivity contribution < 1.29 is 14.6 Å². The first-order valence-electron chi connectivity index (χ1n) is 5.05. The number of ether oxygens (including phenoxy) is 1. The molecule has 0 radical (unpaired) electrons. The second-order valence-electron chi connectivity index (χ2n) is 4.82. The van der Waals surface area contributed by atoms with Crippen molar-refractivity contribution in [2.75, 3.05) is 0 Å². The van der Waals surface area contributed by atoms with Crippen molar-refractivity contribution in [2.24, 2.45) is 0 Å². The highest BCUT2D eigenvalue weighted by Gasteiger charge is 2.29. The summed E-state index contributed by atoms with van der Waals surface area (Å²) in [7, 11) is 0. The Hall–Kier alpha value is -0.770. The lowest BCUT2D eigenvalue weighted by molar-refractivity contribution is 0.0197. The summed E-state index contributed by atoms with van der Waals surface area (Å²) in [4.78, 5) is 11.3. The van der Waals surface area contributed by atoms with Gasteiger partial charge in [-0.1, -0.05) is 0 Å². The van der Waals surface area contributed by atoms with Gasteiger partial charge in [0.25, 0.3) is 0 Å². The number of aliphatic hydroxyl groups excluding tert-OH is 1. The molecular weight excluding hydrogens is 182 g/mol. The highest BCUT2D eigenvalue weighted by atomic mass is 16.6. The van der Waals surface area contributed by atoms with Crippen LogP contribution in [0.3, 0.4) is 0 Å². The van der Waals surface area contributed by atoms with Crippen LogP contribution in [0, 0.1) is 0 Å². The van der Waals surface area contributed by atoms with Gasteiger partial charge in [-0.05, 0) is 40.0 Å². The molecule has 1 saturated carbocycles. The molecule has 0 aliphatic heterocycles. The number of amides is 1. The predicted octanol–water partition coefficient (Wildman–Crippen LogP) is 1.42. The van der Waals surface area contributed by atoms with Gasteiger partial charge < -0.3 is 15.2 Å². The van der Waals surface area contributed by atoms with Gasteiger partial charge in [0.2, 0.25) is 0 Å². The van der Waals surface area contributed by atoms with Crippen molar-refractivity contribution in [3.8, 4) is 0 Å². The van der Waals surface area contributed by atoms with E-state index in [1.807, 2.05) is 20.8 Å². The number of hydrogen-bond donors (Lipinski definition) is 2. The lowest BCUT2D eigenvalue weighted by Crippen LogP contribution is -2.43. The molecule has 0 aromatic rings. The summed E-state index contributed by atoms with van der Waals surface area (Å²) in [5.41, 5.74) is -0.291. The molecule has 0 aromatic heterocycles. The van der Waals surface area contributed by atoms with Gasteiger partial charge in [0.15, 0.2) is 0 Å². The van der Waals surface area contributed by atoms with Crippen molar-refractivity contribution >= 4 is 6.09 Å². The van der Waals surface area contributed by atoms with E-state index in [1.54, 1.807) is 0 Å². The number of carbonyl (C=O) groups excluding carboxylic acids is 1. The Kier molecular flexibility index (Phi) is 3.37. The summed E-state index contributed by atoms with van der Waals surface area (Å²) in [5, 5.41) is 12.1. The molecule has 0 saturated heterocycles. The van der Waals surface area contributed by atoms with Gasteiger partial charge in [-0.15, -0.1) is 0 Å². The third-order valence-corrected chi connectivity index (χ3v) is 2.15. The van der Waals surface area contributed by atoms with Crippen LogP contribution in [0.2, 0.25) is 0 Å². The molecule has 1 aliphatic carbocycles.